The van der Waals surface area contributed by atoms with Crippen molar-refractivity contribution in [3.63, 3.8) is 0 Å². The molecule has 22 heavy (non-hydrogen) atoms. The number of rotatable bonds is 3. The maximum absolute atomic E-state index is 12.4. The van der Waals surface area contributed by atoms with Gasteiger partial charge in [0, 0.05) is 23.4 Å². The number of halogens is 3. The molecule has 0 saturated carbocycles. The molecule has 112 valence electrons. The van der Waals surface area contributed by atoms with Gasteiger partial charge in [-0.15, -0.1) is 13.2 Å². The molecular weight excluding hydrogens is 303 g/mol. The first-order chi connectivity index (χ1) is 10.3. The Morgan fingerprint density at radius 2 is 2.00 bits per heavy atom. The molecule has 1 heterocycles. The Morgan fingerprint density at radius 1 is 1.32 bits per heavy atom. The largest absolute Gasteiger partial charge is 0.573 e. The molecule has 2 aromatic rings. The first-order valence-electron chi connectivity index (χ1n) is 5.71. The lowest BCUT2D eigenvalue weighted by atomic mass is 10.1. The van der Waals surface area contributed by atoms with Crippen LogP contribution in [-0.2, 0) is 0 Å². The van der Waals surface area contributed by atoms with E-state index in [1.165, 1.54) is 18.2 Å². The van der Waals surface area contributed by atoms with Gasteiger partial charge in [-0.2, -0.15) is 5.26 Å². The summed E-state index contributed by atoms with van der Waals surface area (Å²) in [4.78, 5) is 13.6. The summed E-state index contributed by atoms with van der Waals surface area (Å²) < 4.78 is 41.0. The topological polar surface area (TPSA) is 89.0 Å². The van der Waals surface area contributed by atoms with Crippen LogP contribution in [0.1, 0.15) is 5.69 Å². The number of benzene rings is 1. The Hall–Kier alpha value is -3.15. The summed E-state index contributed by atoms with van der Waals surface area (Å²) in [5.41, 5.74) is -1.02. The predicted molar refractivity (Wildman–Crippen MR) is 67.7 cm³/mol. The van der Waals surface area contributed by atoms with Gasteiger partial charge in [0.25, 0.3) is 0 Å². The van der Waals surface area contributed by atoms with E-state index in [-0.39, 0.29) is 11.1 Å². The van der Waals surface area contributed by atoms with Gasteiger partial charge in [-0.05, 0) is 6.07 Å². The van der Waals surface area contributed by atoms with E-state index in [4.69, 9.17) is 5.26 Å². The third-order valence-electron chi connectivity index (χ3n) is 2.59. The van der Waals surface area contributed by atoms with Crippen LogP contribution in [0.5, 0.6) is 5.75 Å². The van der Waals surface area contributed by atoms with Crippen molar-refractivity contribution in [2.45, 2.75) is 6.36 Å². The van der Waals surface area contributed by atoms with Crippen molar-refractivity contribution in [2.24, 2.45) is 0 Å². The molecule has 0 radical (unpaired) electrons. The number of alkyl halides is 3. The van der Waals surface area contributed by atoms with Gasteiger partial charge in [-0.25, -0.2) is 4.98 Å². The fourth-order valence-electron chi connectivity index (χ4n) is 1.74. The highest BCUT2D eigenvalue weighted by atomic mass is 19.4. The van der Waals surface area contributed by atoms with Crippen molar-refractivity contribution in [3.8, 4) is 22.9 Å². The molecule has 6 nitrogen and oxygen atoms in total. The Balaban J connectivity index is 2.56. The zero-order chi connectivity index (χ0) is 16.3. The minimum atomic E-state index is -4.90. The van der Waals surface area contributed by atoms with Gasteiger partial charge in [0.2, 0.25) is 5.69 Å². The van der Waals surface area contributed by atoms with Crippen molar-refractivity contribution in [3.05, 3.63) is 52.3 Å². The van der Waals surface area contributed by atoms with Crippen LogP contribution < -0.4 is 4.74 Å². The molecule has 1 aromatic heterocycles. The first kappa shape index (κ1) is 15.2. The van der Waals surface area contributed by atoms with Gasteiger partial charge < -0.3 is 4.74 Å². The number of hydrogen-bond acceptors (Lipinski definition) is 5. The van der Waals surface area contributed by atoms with Gasteiger partial charge in [0.05, 0.1) is 4.92 Å². The third kappa shape index (κ3) is 3.29. The van der Waals surface area contributed by atoms with Crippen LogP contribution in [0, 0.1) is 21.4 Å². The summed E-state index contributed by atoms with van der Waals surface area (Å²) in [7, 11) is 0. The molecule has 0 aliphatic carbocycles. The molecule has 0 fully saturated rings. The Labute approximate surface area is 121 Å². The maximum atomic E-state index is 12.4. The van der Waals surface area contributed by atoms with E-state index >= 15 is 0 Å². The number of ether oxygens (including phenoxy) is 1. The van der Waals surface area contributed by atoms with Crippen LogP contribution in [0.3, 0.4) is 0 Å². The Kier molecular flexibility index (Phi) is 3.94. The number of nitriles is 1. The summed E-state index contributed by atoms with van der Waals surface area (Å²) in [6.45, 7) is 0. The van der Waals surface area contributed by atoms with E-state index in [0.29, 0.717) is 0 Å². The van der Waals surface area contributed by atoms with Gasteiger partial charge in [0.1, 0.15) is 11.8 Å². The summed E-state index contributed by atoms with van der Waals surface area (Å²) in [6.07, 6.45) is -3.83. The van der Waals surface area contributed by atoms with Gasteiger partial charge in [-0.3, -0.25) is 10.1 Å². The molecule has 0 bridgehead atoms. The summed E-state index contributed by atoms with van der Waals surface area (Å²) in [5, 5.41) is 19.6. The van der Waals surface area contributed by atoms with Crippen molar-refractivity contribution >= 4 is 5.69 Å². The van der Waals surface area contributed by atoms with Crippen LogP contribution in [0.25, 0.3) is 11.1 Å². The molecule has 0 saturated heterocycles. The van der Waals surface area contributed by atoms with Crippen molar-refractivity contribution in [1.29, 1.82) is 5.26 Å². The minimum Gasteiger partial charge on any atom is -0.405 e. The number of nitrogens with zero attached hydrogens (tertiary/aromatic N) is 3. The molecule has 0 atom stereocenters. The predicted octanol–water partition coefficient (Wildman–Crippen LogP) is 3.43. The average Bonchev–Trinajstić information content (AvgIpc) is 2.45. The van der Waals surface area contributed by atoms with Gasteiger partial charge in [-0.1, -0.05) is 18.2 Å². The van der Waals surface area contributed by atoms with Crippen LogP contribution >= 0.6 is 0 Å². The lowest BCUT2D eigenvalue weighted by molar-refractivity contribution is -0.385. The zero-order valence-electron chi connectivity index (χ0n) is 10.7. The summed E-state index contributed by atoms with van der Waals surface area (Å²) >= 11 is 0. The highest BCUT2D eigenvalue weighted by Crippen LogP contribution is 2.35. The second kappa shape index (κ2) is 5.69. The lowest BCUT2D eigenvalue weighted by Crippen LogP contribution is -2.17. The quantitative estimate of drug-likeness (QED) is 0.640. The minimum absolute atomic E-state index is 0.0279. The molecule has 1 aromatic carbocycles. The monoisotopic (exact) mass is 309 g/mol. The first-order valence-corrected chi connectivity index (χ1v) is 5.71. The molecule has 0 amide bonds. The van der Waals surface area contributed by atoms with Crippen LogP contribution in [0.15, 0.2) is 36.5 Å². The second-order valence-corrected chi connectivity index (χ2v) is 4.00. The van der Waals surface area contributed by atoms with Crippen LogP contribution in [-0.4, -0.2) is 16.3 Å². The highest BCUT2D eigenvalue weighted by molar-refractivity contribution is 5.72. The Morgan fingerprint density at radius 3 is 2.59 bits per heavy atom. The normalized spacial score (nSPS) is 10.8. The average molecular weight is 309 g/mol. The summed E-state index contributed by atoms with van der Waals surface area (Å²) in [6, 6.07) is 7.67. The van der Waals surface area contributed by atoms with Crippen LogP contribution in [0.4, 0.5) is 18.9 Å². The molecule has 0 N–H and O–H groups in total. The molecule has 0 aliphatic rings. The maximum Gasteiger partial charge on any atom is 0.573 e. The Bertz CT molecular complexity index is 769. The number of para-hydroxylation sites is 1. The molecule has 0 aliphatic heterocycles. The number of pyridine rings is 1. The van der Waals surface area contributed by atoms with Crippen molar-refractivity contribution < 1.29 is 22.8 Å². The fraction of sp³-hybridized carbons (Fsp3) is 0.0769. The number of hydrogen-bond donors (Lipinski definition) is 0. The van der Waals surface area contributed by atoms with Crippen LogP contribution in [0.2, 0.25) is 0 Å². The van der Waals surface area contributed by atoms with E-state index in [0.717, 1.165) is 18.3 Å². The highest BCUT2D eigenvalue weighted by Gasteiger charge is 2.32. The smallest absolute Gasteiger partial charge is 0.405 e. The zero-order valence-corrected chi connectivity index (χ0v) is 10.7. The lowest BCUT2D eigenvalue weighted by Gasteiger charge is -2.13. The molecule has 0 spiro atoms. The third-order valence-corrected chi connectivity index (χ3v) is 2.59. The van der Waals surface area contributed by atoms with E-state index in [9.17, 15) is 23.3 Å². The van der Waals surface area contributed by atoms with E-state index in [2.05, 4.69) is 9.72 Å². The SMILES string of the molecule is N#Cc1ncc(-c2ccccc2OC(F)(F)F)cc1[N+](=O)[O-]. The van der Waals surface area contributed by atoms with Crippen molar-refractivity contribution in [2.75, 3.05) is 0 Å². The molecule has 2 rings (SSSR count). The van der Waals surface area contributed by atoms with Gasteiger partial charge >= 0.3 is 12.0 Å². The fourth-order valence-corrected chi connectivity index (χ4v) is 1.74. The number of nitro groups is 1. The van der Waals surface area contributed by atoms with E-state index in [1.807, 2.05) is 0 Å². The van der Waals surface area contributed by atoms with Gasteiger partial charge in [0.15, 0.2) is 0 Å². The van der Waals surface area contributed by atoms with Crippen molar-refractivity contribution in [1.82, 2.24) is 4.98 Å². The van der Waals surface area contributed by atoms with E-state index < -0.39 is 28.4 Å². The second-order valence-electron chi connectivity index (χ2n) is 4.00. The number of aromatic nitrogens is 1. The molecule has 0 unspecified atom stereocenters. The van der Waals surface area contributed by atoms with E-state index in [1.54, 1.807) is 6.07 Å². The standard InChI is InChI=1S/C13H6F3N3O3/c14-13(15,16)22-12-4-2-1-3-9(12)8-5-11(19(20)21)10(6-17)18-7-8/h1-5,7H. The molecule has 9 heteroatoms. The molecular formula is C13H6F3N3O3. The summed E-state index contributed by atoms with van der Waals surface area (Å²) in [5.74, 6) is -0.518.